The fourth-order valence-corrected chi connectivity index (χ4v) is 2.88. The second kappa shape index (κ2) is 8.43. The number of carboxylic acids is 1. The molecule has 0 radical (unpaired) electrons. The van der Waals surface area contributed by atoms with Gasteiger partial charge in [0.1, 0.15) is 5.82 Å². The van der Waals surface area contributed by atoms with Crippen LogP contribution < -0.4 is 5.32 Å². The van der Waals surface area contributed by atoms with E-state index in [1.807, 2.05) is 30.7 Å². The van der Waals surface area contributed by atoms with Gasteiger partial charge in [-0.25, -0.2) is 4.98 Å². The van der Waals surface area contributed by atoms with Gasteiger partial charge in [0.15, 0.2) is 0 Å². The first-order valence-corrected chi connectivity index (χ1v) is 7.98. The third-order valence-corrected chi connectivity index (χ3v) is 3.96. The van der Waals surface area contributed by atoms with E-state index in [2.05, 4.69) is 33.0 Å². The monoisotopic (exact) mass is 316 g/mol. The Balaban J connectivity index is 0.000000433. The Kier molecular flexibility index (Phi) is 6.29. The van der Waals surface area contributed by atoms with Crippen molar-refractivity contribution in [1.29, 1.82) is 0 Å². The Hall–Kier alpha value is -2.21. The molecule has 3 rings (SSSR count). The number of hydrogen-bond donors (Lipinski definition) is 2. The molecule has 0 spiro atoms. The Labute approximate surface area is 136 Å². The molecule has 23 heavy (non-hydrogen) atoms. The van der Waals surface area contributed by atoms with Gasteiger partial charge in [0.05, 0.1) is 0 Å². The molecule has 6 heteroatoms. The number of rotatable bonds is 3. The third-order valence-electron chi connectivity index (χ3n) is 3.96. The van der Waals surface area contributed by atoms with Gasteiger partial charge in [0.25, 0.3) is 5.97 Å². The van der Waals surface area contributed by atoms with Crippen molar-refractivity contribution in [2.24, 2.45) is 0 Å². The van der Waals surface area contributed by atoms with Crippen LogP contribution in [0.2, 0.25) is 0 Å². The molecule has 0 amide bonds. The van der Waals surface area contributed by atoms with Crippen molar-refractivity contribution in [3.8, 4) is 11.4 Å². The molecule has 1 saturated heterocycles. The molecule has 0 aliphatic carbocycles. The summed E-state index contributed by atoms with van der Waals surface area (Å²) in [6, 6.07) is 5.23. The van der Waals surface area contributed by atoms with Crippen LogP contribution in [-0.4, -0.2) is 38.2 Å². The molecule has 2 aromatic heterocycles. The highest BCUT2D eigenvalue weighted by molar-refractivity contribution is 5.63. The zero-order valence-electron chi connectivity index (χ0n) is 13.6. The van der Waals surface area contributed by atoms with Crippen LogP contribution in [0.3, 0.4) is 0 Å². The summed E-state index contributed by atoms with van der Waals surface area (Å²) in [5, 5.41) is 11.0. The van der Waals surface area contributed by atoms with E-state index in [-0.39, 0.29) is 0 Å². The number of hydrogen-bond acceptors (Lipinski definition) is 4. The molecule has 1 aliphatic rings. The van der Waals surface area contributed by atoms with Gasteiger partial charge < -0.3 is 15.0 Å². The zero-order chi connectivity index (χ0) is 16.7. The molecule has 0 bridgehead atoms. The highest BCUT2D eigenvalue weighted by atomic mass is 16.4. The lowest BCUT2D eigenvalue weighted by Gasteiger charge is -2.31. The molecule has 2 aromatic rings. The Morgan fingerprint density at radius 1 is 1.39 bits per heavy atom. The summed E-state index contributed by atoms with van der Waals surface area (Å²) < 4.78 is 2.33. The summed E-state index contributed by atoms with van der Waals surface area (Å²) in [6.07, 6.45) is 11.2. The van der Waals surface area contributed by atoms with E-state index < -0.39 is 5.97 Å². The number of piperidine rings is 1. The van der Waals surface area contributed by atoms with Gasteiger partial charge in [-0.2, -0.15) is 0 Å². The maximum atomic E-state index is 9.00. The summed E-state index contributed by atoms with van der Waals surface area (Å²) in [4.78, 5) is 17.6. The van der Waals surface area contributed by atoms with Gasteiger partial charge in [0, 0.05) is 49.4 Å². The predicted octanol–water partition coefficient (Wildman–Crippen LogP) is 2.74. The molecule has 6 nitrogen and oxygen atoms in total. The van der Waals surface area contributed by atoms with Gasteiger partial charge in [-0.1, -0.05) is 6.92 Å². The molecule has 0 saturated carbocycles. The number of carboxylic acid groups (broad SMARTS) is 1. The largest absolute Gasteiger partial charge is 0.481 e. The minimum absolute atomic E-state index is 0.553. The Morgan fingerprint density at radius 2 is 2.09 bits per heavy atom. The lowest BCUT2D eigenvalue weighted by molar-refractivity contribution is -0.134. The molecule has 3 heterocycles. The summed E-state index contributed by atoms with van der Waals surface area (Å²) in [6.45, 7) is 4.43. The minimum Gasteiger partial charge on any atom is -0.481 e. The fourth-order valence-electron chi connectivity index (χ4n) is 2.88. The highest BCUT2D eigenvalue weighted by Gasteiger charge is 2.23. The summed E-state index contributed by atoms with van der Waals surface area (Å²) >= 11 is 0. The van der Waals surface area contributed by atoms with Gasteiger partial charge >= 0.3 is 0 Å². The number of imidazole rings is 1. The van der Waals surface area contributed by atoms with Gasteiger partial charge in [-0.3, -0.25) is 9.78 Å². The summed E-state index contributed by atoms with van der Waals surface area (Å²) in [5.41, 5.74) is 1.14. The number of carbonyl (C=O) groups is 1. The first kappa shape index (κ1) is 17.1. The predicted molar refractivity (Wildman–Crippen MR) is 89.1 cm³/mol. The average molecular weight is 316 g/mol. The first-order valence-electron chi connectivity index (χ1n) is 7.98. The topological polar surface area (TPSA) is 80.0 Å². The normalized spacial score (nSPS) is 20.4. The van der Waals surface area contributed by atoms with E-state index in [9.17, 15) is 0 Å². The van der Waals surface area contributed by atoms with E-state index in [4.69, 9.17) is 9.90 Å². The van der Waals surface area contributed by atoms with Crippen molar-refractivity contribution in [1.82, 2.24) is 19.9 Å². The minimum atomic E-state index is -0.833. The molecule has 2 N–H and O–H groups in total. The van der Waals surface area contributed by atoms with Crippen LogP contribution in [0.1, 0.15) is 39.2 Å². The first-order chi connectivity index (χ1) is 11.1. The molecular weight excluding hydrogens is 292 g/mol. The van der Waals surface area contributed by atoms with Crippen LogP contribution in [0.5, 0.6) is 0 Å². The summed E-state index contributed by atoms with van der Waals surface area (Å²) in [7, 11) is 0. The van der Waals surface area contributed by atoms with Crippen LogP contribution in [0.4, 0.5) is 0 Å². The maximum Gasteiger partial charge on any atom is 0.300 e. The van der Waals surface area contributed by atoms with Gasteiger partial charge in [-0.05, 0) is 37.9 Å². The Morgan fingerprint density at radius 3 is 2.74 bits per heavy atom. The lowest BCUT2D eigenvalue weighted by Crippen LogP contribution is -2.38. The highest BCUT2D eigenvalue weighted by Crippen LogP contribution is 2.28. The quantitative estimate of drug-likeness (QED) is 0.910. The lowest BCUT2D eigenvalue weighted by atomic mass is 9.97. The molecule has 1 aliphatic heterocycles. The van der Waals surface area contributed by atoms with Crippen molar-refractivity contribution < 1.29 is 9.90 Å². The molecule has 1 fully saturated rings. The number of pyridine rings is 1. The van der Waals surface area contributed by atoms with Crippen LogP contribution in [-0.2, 0) is 4.79 Å². The van der Waals surface area contributed by atoms with Crippen LogP contribution in [0, 0.1) is 0 Å². The smallest absolute Gasteiger partial charge is 0.300 e. The van der Waals surface area contributed by atoms with E-state index in [0.717, 1.165) is 24.9 Å². The number of nitrogens with one attached hydrogen (secondary N) is 1. The molecule has 2 atom stereocenters. The average Bonchev–Trinajstić information content (AvgIpc) is 3.05. The molecule has 0 aromatic carbocycles. The van der Waals surface area contributed by atoms with Crippen LogP contribution in [0.15, 0.2) is 36.9 Å². The summed E-state index contributed by atoms with van der Waals surface area (Å²) in [5.74, 6) is 0.226. The molecule has 0 unspecified atom stereocenters. The standard InChI is InChI=1S/C15H20N4.C2H4O2/c1-2-13-11-14(5-8-17-13)19-10-9-18-15(19)12-3-6-16-7-4-12;1-2(3)4/h3-4,6-7,9-10,13-14,17H,2,5,8,11H2,1H3;1H3,(H,3,4)/t13-,14-;/m1./s1. The Bertz CT molecular complexity index is 608. The third kappa shape index (κ3) is 4.89. The van der Waals surface area contributed by atoms with Crippen molar-refractivity contribution in [2.45, 2.75) is 45.2 Å². The van der Waals surface area contributed by atoms with E-state index in [0.29, 0.717) is 12.1 Å². The van der Waals surface area contributed by atoms with Crippen molar-refractivity contribution in [3.05, 3.63) is 36.9 Å². The maximum absolute atomic E-state index is 9.00. The second-order valence-corrected chi connectivity index (χ2v) is 5.65. The number of aliphatic carboxylic acids is 1. The van der Waals surface area contributed by atoms with E-state index in [1.54, 1.807) is 0 Å². The SMILES string of the molecule is CC(=O)O.CC[C@@H]1C[C@H](n2ccnc2-c2ccncc2)CCN1. The second-order valence-electron chi connectivity index (χ2n) is 5.65. The van der Waals surface area contributed by atoms with Gasteiger partial charge in [-0.15, -0.1) is 0 Å². The molecular formula is C17H24N4O2. The van der Waals surface area contributed by atoms with Crippen LogP contribution >= 0.6 is 0 Å². The van der Waals surface area contributed by atoms with Crippen molar-refractivity contribution in [2.75, 3.05) is 6.54 Å². The van der Waals surface area contributed by atoms with Gasteiger partial charge in [0.2, 0.25) is 0 Å². The van der Waals surface area contributed by atoms with E-state index in [1.165, 1.54) is 19.3 Å². The fraction of sp³-hybridized carbons (Fsp3) is 0.471. The molecule has 124 valence electrons. The van der Waals surface area contributed by atoms with E-state index >= 15 is 0 Å². The van der Waals surface area contributed by atoms with Crippen LogP contribution in [0.25, 0.3) is 11.4 Å². The number of aromatic nitrogens is 3. The number of nitrogens with zero attached hydrogens (tertiary/aromatic N) is 3. The van der Waals surface area contributed by atoms with Crippen molar-refractivity contribution in [3.63, 3.8) is 0 Å². The van der Waals surface area contributed by atoms with Crippen molar-refractivity contribution >= 4 is 5.97 Å². The zero-order valence-corrected chi connectivity index (χ0v) is 13.6.